The number of hydrogen-bond acceptors (Lipinski definition) is 0. The lowest BCUT2D eigenvalue weighted by atomic mass is 9.83. The van der Waals surface area contributed by atoms with Crippen molar-refractivity contribution in [1.29, 1.82) is 0 Å². The number of alkyl halides is 1. The van der Waals surface area contributed by atoms with Crippen LogP contribution in [-0.2, 0) is 4.87 Å². The van der Waals surface area contributed by atoms with E-state index in [4.69, 9.17) is 11.6 Å². The molecule has 110 valence electrons. The van der Waals surface area contributed by atoms with Gasteiger partial charge in [-0.1, -0.05) is 66.7 Å². The van der Waals surface area contributed by atoms with E-state index >= 15 is 0 Å². The summed E-state index contributed by atoms with van der Waals surface area (Å²) in [6.07, 6.45) is 0. The molecule has 0 saturated carbocycles. The number of rotatable bonds is 3. The Morgan fingerprint density at radius 3 is 1.45 bits per heavy atom. The van der Waals surface area contributed by atoms with Crippen LogP contribution in [0, 0.1) is 11.6 Å². The Kier molecular flexibility index (Phi) is 3.95. The largest absolute Gasteiger partial charge is 0.207 e. The van der Waals surface area contributed by atoms with Crippen LogP contribution < -0.4 is 0 Å². The van der Waals surface area contributed by atoms with E-state index in [-0.39, 0.29) is 11.1 Å². The zero-order valence-electron chi connectivity index (χ0n) is 11.6. The summed E-state index contributed by atoms with van der Waals surface area (Å²) in [6.45, 7) is 0. The third kappa shape index (κ3) is 2.40. The molecule has 0 fully saturated rings. The third-order valence-electron chi connectivity index (χ3n) is 3.66. The molecule has 3 heteroatoms. The molecule has 0 aliphatic rings. The van der Waals surface area contributed by atoms with E-state index in [1.54, 1.807) is 60.7 Å². The highest BCUT2D eigenvalue weighted by Gasteiger charge is 2.38. The van der Waals surface area contributed by atoms with Crippen molar-refractivity contribution >= 4 is 11.6 Å². The zero-order valence-corrected chi connectivity index (χ0v) is 12.4. The Bertz CT molecular complexity index is 739. The number of hydrogen-bond donors (Lipinski definition) is 0. The normalized spacial score (nSPS) is 11.4. The van der Waals surface area contributed by atoms with Gasteiger partial charge in [-0.3, -0.25) is 0 Å². The smallest absolute Gasteiger partial charge is 0.128 e. The Balaban J connectivity index is 2.33. The van der Waals surface area contributed by atoms with Crippen molar-refractivity contribution in [2.24, 2.45) is 0 Å². The van der Waals surface area contributed by atoms with Crippen LogP contribution >= 0.6 is 11.6 Å². The summed E-state index contributed by atoms with van der Waals surface area (Å²) < 4.78 is 28.8. The van der Waals surface area contributed by atoms with E-state index < -0.39 is 16.5 Å². The highest BCUT2D eigenvalue weighted by molar-refractivity contribution is 6.28. The third-order valence-corrected chi connectivity index (χ3v) is 4.29. The van der Waals surface area contributed by atoms with Gasteiger partial charge in [-0.2, -0.15) is 0 Å². The van der Waals surface area contributed by atoms with Gasteiger partial charge in [-0.15, -0.1) is 11.6 Å². The first-order valence-corrected chi connectivity index (χ1v) is 7.26. The Hall–Kier alpha value is -2.19. The van der Waals surface area contributed by atoms with Crippen LogP contribution in [0.25, 0.3) is 0 Å². The minimum atomic E-state index is -1.42. The van der Waals surface area contributed by atoms with Crippen LogP contribution in [0.5, 0.6) is 0 Å². The average molecular weight is 315 g/mol. The van der Waals surface area contributed by atoms with Crippen molar-refractivity contribution in [3.63, 3.8) is 0 Å². The number of halogens is 3. The van der Waals surface area contributed by atoms with Gasteiger partial charge < -0.3 is 0 Å². The molecule has 3 aromatic carbocycles. The lowest BCUT2D eigenvalue weighted by Gasteiger charge is -2.29. The summed E-state index contributed by atoms with van der Waals surface area (Å²) >= 11 is 6.85. The highest BCUT2D eigenvalue weighted by atomic mass is 35.5. The van der Waals surface area contributed by atoms with Crippen LogP contribution in [0.3, 0.4) is 0 Å². The molecule has 0 aliphatic heterocycles. The quantitative estimate of drug-likeness (QED) is 0.442. The van der Waals surface area contributed by atoms with Crippen LogP contribution in [0.4, 0.5) is 8.78 Å². The second kappa shape index (κ2) is 5.90. The van der Waals surface area contributed by atoms with E-state index in [0.29, 0.717) is 5.56 Å². The summed E-state index contributed by atoms with van der Waals surface area (Å²) in [5.74, 6) is -0.936. The Morgan fingerprint density at radius 1 is 0.591 bits per heavy atom. The molecule has 0 amide bonds. The fraction of sp³-hybridized carbons (Fsp3) is 0.0526. The molecular formula is C19H13ClF2. The monoisotopic (exact) mass is 314 g/mol. The second-order valence-electron chi connectivity index (χ2n) is 4.98. The molecule has 22 heavy (non-hydrogen) atoms. The van der Waals surface area contributed by atoms with Crippen molar-refractivity contribution in [1.82, 2.24) is 0 Å². The van der Waals surface area contributed by atoms with Crippen LogP contribution in [0.1, 0.15) is 16.7 Å². The summed E-state index contributed by atoms with van der Waals surface area (Å²) in [7, 11) is 0. The highest BCUT2D eigenvalue weighted by Crippen LogP contribution is 2.44. The molecule has 0 radical (unpaired) electrons. The molecule has 0 N–H and O–H groups in total. The van der Waals surface area contributed by atoms with E-state index in [1.807, 2.05) is 6.07 Å². The molecule has 0 unspecified atom stereocenters. The Labute approximate surface area is 133 Å². The first kappa shape index (κ1) is 14.7. The molecular weight excluding hydrogens is 302 g/mol. The van der Waals surface area contributed by atoms with Gasteiger partial charge in [0.1, 0.15) is 16.5 Å². The maximum atomic E-state index is 14.4. The molecule has 0 nitrogen and oxygen atoms in total. The second-order valence-corrected chi connectivity index (χ2v) is 5.55. The fourth-order valence-electron chi connectivity index (χ4n) is 2.61. The molecule has 3 rings (SSSR count). The summed E-state index contributed by atoms with van der Waals surface area (Å²) in [5.41, 5.74) is 1.08. The molecule has 0 atom stereocenters. The predicted octanol–water partition coefficient (Wildman–Crippen LogP) is 5.50. The number of benzene rings is 3. The van der Waals surface area contributed by atoms with Crippen molar-refractivity contribution in [2.45, 2.75) is 4.87 Å². The minimum absolute atomic E-state index is 0.230. The van der Waals surface area contributed by atoms with E-state index in [1.165, 1.54) is 12.1 Å². The Morgan fingerprint density at radius 2 is 1.00 bits per heavy atom. The topological polar surface area (TPSA) is 0 Å². The molecule has 0 saturated heterocycles. The van der Waals surface area contributed by atoms with Gasteiger partial charge in [-0.05, 0) is 17.7 Å². The fourth-order valence-corrected chi connectivity index (χ4v) is 3.04. The van der Waals surface area contributed by atoms with E-state index in [2.05, 4.69) is 0 Å². The summed E-state index contributed by atoms with van der Waals surface area (Å²) in [4.78, 5) is -1.42. The van der Waals surface area contributed by atoms with E-state index in [9.17, 15) is 8.78 Å². The van der Waals surface area contributed by atoms with Crippen LogP contribution in [0.15, 0.2) is 78.9 Å². The molecule has 3 aromatic rings. The van der Waals surface area contributed by atoms with Gasteiger partial charge in [0, 0.05) is 11.1 Å². The van der Waals surface area contributed by atoms with Gasteiger partial charge in [0.15, 0.2) is 0 Å². The molecule has 0 aromatic heterocycles. The first-order chi connectivity index (χ1) is 10.6. The van der Waals surface area contributed by atoms with Crippen LogP contribution in [-0.4, -0.2) is 0 Å². The summed E-state index contributed by atoms with van der Waals surface area (Å²) in [6, 6.07) is 21.4. The molecule has 0 spiro atoms. The van der Waals surface area contributed by atoms with Gasteiger partial charge in [-0.25, -0.2) is 8.78 Å². The molecule has 0 heterocycles. The molecule has 0 bridgehead atoms. The summed E-state index contributed by atoms with van der Waals surface area (Å²) in [5, 5.41) is 0. The lowest BCUT2D eigenvalue weighted by molar-refractivity contribution is 0.574. The SMILES string of the molecule is Fc1ccccc1C(Cl)(c1ccccc1)c1ccccc1F. The van der Waals surface area contributed by atoms with Gasteiger partial charge >= 0.3 is 0 Å². The average Bonchev–Trinajstić information content (AvgIpc) is 2.56. The van der Waals surface area contributed by atoms with Crippen molar-refractivity contribution in [2.75, 3.05) is 0 Å². The van der Waals surface area contributed by atoms with Gasteiger partial charge in [0.2, 0.25) is 0 Å². The van der Waals surface area contributed by atoms with Crippen molar-refractivity contribution in [3.8, 4) is 0 Å². The van der Waals surface area contributed by atoms with Crippen molar-refractivity contribution in [3.05, 3.63) is 107 Å². The minimum Gasteiger partial charge on any atom is -0.207 e. The maximum absolute atomic E-state index is 14.4. The lowest BCUT2D eigenvalue weighted by Crippen LogP contribution is -2.25. The maximum Gasteiger partial charge on any atom is 0.128 e. The first-order valence-electron chi connectivity index (χ1n) is 6.88. The van der Waals surface area contributed by atoms with E-state index in [0.717, 1.165) is 0 Å². The predicted molar refractivity (Wildman–Crippen MR) is 85.0 cm³/mol. The van der Waals surface area contributed by atoms with Crippen LogP contribution in [0.2, 0.25) is 0 Å². The molecule has 0 aliphatic carbocycles. The van der Waals surface area contributed by atoms with Gasteiger partial charge in [0.25, 0.3) is 0 Å². The standard InChI is InChI=1S/C19H13ClF2/c20-19(14-8-2-1-3-9-14,15-10-4-6-12-17(15)21)16-11-5-7-13-18(16)22/h1-13H. The van der Waals surface area contributed by atoms with Gasteiger partial charge in [0.05, 0.1) is 0 Å². The van der Waals surface area contributed by atoms with Crippen molar-refractivity contribution < 1.29 is 8.78 Å². The zero-order chi connectivity index (χ0) is 15.6.